The number of rotatable bonds is 8. The van der Waals surface area contributed by atoms with Crippen LogP contribution in [0.25, 0.3) is 10.8 Å². The van der Waals surface area contributed by atoms with Crippen molar-refractivity contribution in [2.45, 2.75) is 13.3 Å². The molecule has 6 nitrogen and oxygen atoms in total. The lowest BCUT2D eigenvalue weighted by Crippen LogP contribution is -2.35. The fourth-order valence-electron chi connectivity index (χ4n) is 3.26. The van der Waals surface area contributed by atoms with Crippen LogP contribution in [-0.4, -0.2) is 37.5 Å². The summed E-state index contributed by atoms with van der Waals surface area (Å²) in [7, 11) is 0. The molecule has 0 saturated heterocycles. The van der Waals surface area contributed by atoms with Crippen molar-refractivity contribution in [3.8, 4) is 0 Å². The van der Waals surface area contributed by atoms with E-state index in [0.717, 1.165) is 28.6 Å². The molecule has 32 heavy (non-hydrogen) atoms. The van der Waals surface area contributed by atoms with Gasteiger partial charge in [0.25, 0.3) is 11.8 Å². The van der Waals surface area contributed by atoms with Crippen molar-refractivity contribution in [1.82, 2.24) is 5.32 Å². The number of anilines is 1. The summed E-state index contributed by atoms with van der Waals surface area (Å²) in [4.78, 5) is 38.1. The molecule has 0 bridgehead atoms. The minimum atomic E-state index is -0.997. The Morgan fingerprint density at radius 3 is 2.50 bits per heavy atom. The largest absolute Gasteiger partial charge is 0.455 e. The third kappa shape index (κ3) is 5.46. The van der Waals surface area contributed by atoms with E-state index in [-0.39, 0.29) is 24.4 Å². The number of carbonyl (C=O) groups excluding carboxylic acids is 3. The Kier molecular flexibility index (Phi) is 7.49. The quantitative estimate of drug-likeness (QED) is 0.540. The highest BCUT2D eigenvalue weighted by molar-refractivity contribution is 6.04. The van der Waals surface area contributed by atoms with Crippen molar-refractivity contribution in [3.63, 3.8) is 0 Å². The lowest BCUT2D eigenvalue weighted by molar-refractivity contribution is -0.147. The van der Waals surface area contributed by atoms with Gasteiger partial charge in [0.2, 0.25) is 0 Å². The maximum absolute atomic E-state index is 13.6. The molecule has 0 aliphatic rings. The number of nitrogens with one attached hydrogen (secondary N) is 1. The van der Waals surface area contributed by atoms with Gasteiger partial charge in [-0.15, -0.1) is 0 Å². The summed E-state index contributed by atoms with van der Waals surface area (Å²) in [6.45, 7) is 1.65. The number of nitrogens with zero attached hydrogens (tertiary/aromatic N) is 1. The van der Waals surface area contributed by atoms with Crippen molar-refractivity contribution in [3.05, 3.63) is 77.9 Å². The Hall–Kier alpha value is -3.81. The van der Waals surface area contributed by atoms with E-state index in [1.165, 1.54) is 4.90 Å². The van der Waals surface area contributed by atoms with Crippen LogP contribution in [0.1, 0.15) is 23.7 Å². The number of carbonyl (C=O) groups is 3. The Bertz CT molecular complexity index is 1140. The second-order valence-corrected chi connectivity index (χ2v) is 6.93. The zero-order valence-electron chi connectivity index (χ0n) is 17.4. The maximum Gasteiger partial charge on any atom is 0.308 e. The van der Waals surface area contributed by atoms with E-state index in [0.29, 0.717) is 12.6 Å². The van der Waals surface area contributed by atoms with Gasteiger partial charge in [-0.25, -0.2) is 8.78 Å². The van der Waals surface area contributed by atoms with Gasteiger partial charge in [-0.05, 0) is 30.5 Å². The number of ether oxygens (including phenoxy) is 1. The fourth-order valence-corrected chi connectivity index (χ4v) is 3.26. The molecule has 0 unspecified atom stereocenters. The number of fused-ring (bicyclic) bond motifs is 1. The average Bonchev–Trinajstić information content (AvgIpc) is 2.78. The molecule has 0 spiro atoms. The number of benzene rings is 3. The highest BCUT2D eigenvalue weighted by Gasteiger charge is 2.18. The number of hydrogen-bond donors (Lipinski definition) is 1. The Morgan fingerprint density at radius 2 is 1.75 bits per heavy atom. The molecule has 0 saturated carbocycles. The minimum absolute atomic E-state index is 0.122. The molecular weight excluding hydrogens is 418 g/mol. The standard InChI is InChI=1S/C24H22F2N2O4/c1-2-28(21-9-5-7-16-6-3-4-8-18(16)21)22(29)15-32-23(30)12-13-27-24(31)19-11-10-17(25)14-20(19)26/h3-11,14H,2,12-13,15H2,1H3,(H,27,31). The van der Waals surface area contributed by atoms with Gasteiger partial charge < -0.3 is 15.0 Å². The molecule has 3 aromatic carbocycles. The molecule has 166 valence electrons. The molecule has 0 radical (unpaired) electrons. The van der Waals surface area contributed by atoms with Gasteiger partial charge in [-0.2, -0.15) is 0 Å². The Morgan fingerprint density at radius 1 is 1.00 bits per heavy atom. The smallest absolute Gasteiger partial charge is 0.308 e. The SMILES string of the molecule is CCN(C(=O)COC(=O)CCNC(=O)c1ccc(F)cc1F)c1cccc2ccccc12. The van der Waals surface area contributed by atoms with Gasteiger partial charge in [-0.1, -0.05) is 36.4 Å². The van der Waals surface area contributed by atoms with E-state index in [9.17, 15) is 23.2 Å². The van der Waals surface area contributed by atoms with Gasteiger partial charge in [0.1, 0.15) is 11.6 Å². The molecular formula is C24H22F2N2O4. The van der Waals surface area contributed by atoms with E-state index in [2.05, 4.69) is 5.32 Å². The van der Waals surface area contributed by atoms with Crippen molar-refractivity contribution in [2.75, 3.05) is 24.6 Å². The number of hydrogen-bond acceptors (Lipinski definition) is 4. The summed E-state index contributed by atoms with van der Waals surface area (Å²) in [5, 5.41) is 4.26. The number of likely N-dealkylation sites (N-methyl/N-ethyl adjacent to an activating group) is 1. The maximum atomic E-state index is 13.6. The first-order valence-electron chi connectivity index (χ1n) is 10.1. The van der Waals surface area contributed by atoms with Crippen LogP contribution < -0.4 is 10.2 Å². The van der Waals surface area contributed by atoms with Gasteiger partial charge in [-0.3, -0.25) is 14.4 Å². The summed E-state index contributed by atoms with van der Waals surface area (Å²) in [6.07, 6.45) is -0.206. The summed E-state index contributed by atoms with van der Waals surface area (Å²) in [5.41, 5.74) is 0.392. The van der Waals surface area contributed by atoms with Gasteiger partial charge in [0.15, 0.2) is 6.61 Å². The summed E-state index contributed by atoms with van der Waals surface area (Å²) < 4.78 is 31.6. The molecule has 0 fully saturated rings. The van der Waals surface area contributed by atoms with Crippen LogP contribution >= 0.6 is 0 Å². The summed E-state index contributed by atoms with van der Waals surface area (Å²) in [5.74, 6) is -3.64. The first-order chi connectivity index (χ1) is 15.4. The van der Waals surface area contributed by atoms with Crippen LogP contribution in [0.5, 0.6) is 0 Å². The molecule has 0 atom stereocenters. The second kappa shape index (κ2) is 10.5. The third-order valence-corrected chi connectivity index (χ3v) is 4.82. The normalized spacial score (nSPS) is 10.6. The van der Waals surface area contributed by atoms with Gasteiger partial charge in [0, 0.05) is 24.5 Å². The average molecular weight is 440 g/mol. The van der Waals surface area contributed by atoms with E-state index >= 15 is 0 Å². The Balaban J connectivity index is 1.51. The molecule has 0 heterocycles. The highest BCUT2D eigenvalue weighted by Crippen LogP contribution is 2.26. The van der Waals surface area contributed by atoms with Crippen LogP contribution in [0, 0.1) is 11.6 Å². The van der Waals surface area contributed by atoms with Gasteiger partial charge in [0.05, 0.1) is 17.7 Å². The van der Waals surface area contributed by atoms with Crippen molar-refractivity contribution in [2.24, 2.45) is 0 Å². The van der Waals surface area contributed by atoms with Crippen LogP contribution in [0.2, 0.25) is 0 Å². The van der Waals surface area contributed by atoms with Crippen LogP contribution in [-0.2, 0) is 14.3 Å². The molecule has 3 rings (SSSR count). The first-order valence-corrected chi connectivity index (χ1v) is 10.1. The van der Waals surface area contributed by atoms with Crippen LogP contribution in [0.3, 0.4) is 0 Å². The van der Waals surface area contributed by atoms with Crippen LogP contribution in [0.15, 0.2) is 60.7 Å². The third-order valence-electron chi connectivity index (χ3n) is 4.82. The second-order valence-electron chi connectivity index (χ2n) is 6.93. The zero-order valence-corrected chi connectivity index (χ0v) is 17.4. The molecule has 2 amide bonds. The van der Waals surface area contributed by atoms with E-state index in [1.54, 1.807) is 0 Å². The number of halogens is 2. The van der Waals surface area contributed by atoms with Crippen molar-refractivity contribution in [1.29, 1.82) is 0 Å². The fraction of sp³-hybridized carbons (Fsp3) is 0.208. The number of amides is 2. The first kappa shape index (κ1) is 22.9. The molecule has 3 aromatic rings. The zero-order chi connectivity index (χ0) is 23.1. The molecule has 0 aromatic heterocycles. The Labute approximate surface area is 183 Å². The van der Waals surface area contributed by atoms with E-state index < -0.39 is 30.1 Å². The summed E-state index contributed by atoms with van der Waals surface area (Å²) in [6, 6.07) is 15.9. The van der Waals surface area contributed by atoms with E-state index in [1.807, 2.05) is 49.4 Å². The topological polar surface area (TPSA) is 75.7 Å². The van der Waals surface area contributed by atoms with Crippen molar-refractivity contribution < 1.29 is 27.9 Å². The molecule has 0 aliphatic carbocycles. The highest BCUT2D eigenvalue weighted by atomic mass is 19.1. The summed E-state index contributed by atoms with van der Waals surface area (Å²) >= 11 is 0. The van der Waals surface area contributed by atoms with Crippen molar-refractivity contribution >= 4 is 34.2 Å². The lowest BCUT2D eigenvalue weighted by atomic mass is 10.1. The lowest BCUT2D eigenvalue weighted by Gasteiger charge is -2.22. The minimum Gasteiger partial charge on any atom is -0.455 e. The van der Waals surface area contributed by atoms with Crippen LogP contribution in [0.4, 0.5) is 14.5 Å². The van der Waals surface area contributed by atoms with E-state index in [4.69, 9.17) is 4.74 Å². The molecule has 1 N–H and O–H groups in total. The van der Waals surface area contributed by atoms with Gasteiger partial charge >= 0.3 is 5.97 Å². The number of esters is 1. The molecule has 8 heteroatoms. The monoisotopic (exact) mass is 440 g/mol. The predicted octanol–water partition coefficient (Wildman–Crippen LogP) is 3.83. The molecule has 0 aliphatic heterocycles. The predicted molar refractivity (Wildman–Crippen MR) is 116 cm³/mol.